The number of pyridine rings is 1. The third-order valence-electron chi connectivity index (χ3n) is 6.37. The van der Waals surface area contributed by atoms with Crippen LogP contribution in [0.1, 0.15) is 35.6 Å². The summed E-state index contributed by atoms with van der Waals surface area (Å²) >= 11 is 0. The molecule has 9 heteroatoms. The van der Waals surface area contributed by atoms with Crippen LogP contribution in [-0.2, 0) is 13.1 Å². The van der Waals surface area contributed by atoms with E-state index in [2.05, 4.69) is 29.9 Å². The summed E-state index contributed by atoms with van der Waals surface area (Å²) in [6, 6.07) is 18.1. The molecule has 8 nitrogen and oxygen atoms in total. The van der Waals surface area contributed by atoms with Crippen molar-refractivity contribution >= 4 is 11.4 Å². The topological polar surface area (TPSA) is 90.2 Å². The van der Waals surface area contributed by atoms with Gasteiger partial charge in [-0.25, -0.2) is 4.57 Å². The van der Waals surface area contributed by atoms with E-state index < -0.39 is 0 Å². The number of likely N-dealkylation sites (tertiary alicyclic amines) is 1. The Morgan fingerprint density at radius 3 is 2.09 bits per heavy atom. The zero-order valence-corrected chi connectivity index (χ0v) is 19.9. The van der Waals surface area contributed by atoms with Crippen LogP contribution >= 0.6 is 0 Å². The first-order chi connectivity index (χ1) is 15.3. The fourth-order valence-electron chi connectivity index (χ4n) is 4.74. The van der Waals surface area contributed by atoms with E-state index in [-0.39, 0.29) is 38.2 Å². The zero-order chi connectivity index (χ0) is 22.7. The number of non-ortho nitro benzene ring substituents is 2. The lowest BCUT2D eigenvalue weighted by Gasteiger charge is -2.36. The fraction of sp³-hybridized carbons (Fsp3) is 0.292. The maximum absolute atomic E-state index is 10.9. The average molecular weight is 514 g/mol. The van der Waals surface area contributed by atoms with Crippen LogP contribution in [0, 0.1) is 20.2 Å². The number of hydrogen-bond donors (Lipinski definition) is 0. The van der Waals surface area contributed by atoms with Crippen molar-refractivity contribution in [1.82, 2.24) is 0 Å². The highest BCUT2D eigenvalue weighted by atomic mass is 79.9. The van der Waals surface area contributed by atoms with Gasteiger partial charge in [-0.3, -0.25) is 20.2 Å². The lowest BCUT2D eigenvalue weighted by atomic mass is 10.0. The van der Waals surface area contributed by atoms with Gasteiger partial charge < -0.3 is 21.5 Å². The van der Waals surface area contributed by atoms with E-state index in [0.29, 0.717) is 12.6 Å². The number of hydrogen-bond acceptors (Lipinski definition) is 4. The Morgan fingerprint density at radius 2 is 1.52 bits per heavy atom. The predicted molar refractivity (Wildman–Crippen MR) is 119 cm³/mol. The van der Waals surface area contributed by atoms with Gasteiger partial charge in [0, 0.05) is 54.3 Å². The van der Waals surface area contributed by atoms with Gasteiger partial charge in [0.15, 0.2) is 18.9 Å². The number of nitrogens with zero attached hydrogens (tertiary/aromatic N) is 4. The van der Waals surface area contributed by atoms with Gasteiger partial charge in [0.2, 0.25) is 0 Å². The molecule has 1 unspecified atom stereocenters. The van der Waals surface area contributed by atoms with E-state index in [0.717, 1.165) is 41.5 Å². The molecule has 2 atom stereocenters. The number of quaternary nitrogens is 1. The summed E-state index contributed by atoms with van der Waals surface area (Å²) in [7, 11) is 2.26. The number of nitro groups is 2. The predicted octanol–water partition coefficient (Wildman–Crippen LogP) is 1.32. The molecule has 1 aliphatic rings. The molecule has 0 amide bonds. The molecule has 1 saturated heterocycles. The molecule has 0 saturated carbocycles. The minimum atomic E-state index is -0.388. The van der Waals surface area contributed by atoms with Gasteiger partial charge in [-0.05, 0) is 30.3 Å². The highest BCUT2D eigenvalue weighted by molar-refractivity contribution is 5.33. The Labute approximate surface area is 202 Å². The second kappa shape index (κ2) is 10.2. The summed E-state index contributed by atoms with van der Waals surface area (Å²) in [6.45, 7) is 2.52. The molecule has 0 radical (unpaired) electrons. The molecule has 2 aromatic carbocycles. The van der Waals surface area contributed by atoms with Crippen molar-refractivity contribution < 1.29 is 35.9 Å². The van der Waals surface area contributed by atoms with Crippen molar-refractivity contribution in [3.05, 3.63) is 110 Å². The molecule has 0 aliphatic carbocycles. The van der Waals surface area contributed by atoms with Crippen molar-refractivity contribution in [2.45, 2.75) is 32.0 Å². The van der Waals surface area contributed by atoms with Gasteiger partial charge in [-0.2, -0.15) is 0 Å². The third kappa shape index (κ3) is 5.61. The second-order valence-electron chi connectivity index (χ2n) is 8.68. The SMILES string of the molecule is C[N+]1(Cc2ccc([N+](=O)[O-])cc2)CCC[C@H]1c1ccc[n+](Cc2ccc([N+](=O)[O-])cc2)c1.[Br-]. The average Bonchev–Trinajstić information content (AvgIpc) is 3.15. The second-order valence-corrected chi connectivity index (χ2v) is 8.68. The number of aromatic nitrogens is 1. The van der Waals surface area contributed by atoms with Crippen molar-refractivity contribution in [1.29, 1.82) is 0 Å². The minimum Gasteiger partial charge on any atom is -1.00 e. The zero-order valence-electron chi connectivity index (χ0n) is 18.3. The van der Waals surface area contributed by atoms with E-state index in [1.807, 2.05) is 18.3 Å². The summed E-state index contributed by atoms with van der Waals surface area (Å²) in [4.78, 5) is 21.0. The third-order valence-corrected chi connectivity index (χ3v) is 6.37. The number of rotatable bonds is 7. The Hall–Kier alpha value is -3.17. The van der Waals surface area contributed by atoms with Crippen LogP contribution in [0.25, 0.3) is 0 Å². The molecular weight excluding hydrogens is 488 g/mol. The molecule has 1 aromatic heterocycles. The molecule has 1 aliphatic heterocycles. The first-order valence-corrected chi connectivity index (χ1v) is 10.6. The fourth-order valence-corrected chi connectivity index (χ4v) is 4.74. The molecule has 0 spiro atoms. The molecule has 1 fully saturated rings. The number of halogens is 1. The Kier molecular flexibility index (Phi) is 7.55. The van der Waals surface area contributed by atoms with Crippen LogP contribution in [-0.4, -0.2) is 27.9 Å². The van der Waals surface area contributed by atoms with Crippen LogP contribution < -0.4 is 21.5 Å². The van der Waals surface area contributed by atoms with Crippen LogP contribution in [0.2, 0.25) is 0 Å². The summed E-state index contributed by atoms with van der Waals surface area (Å²) in [5.74, 6) is 0. The van der Waals surface area contributed by atoms with Crippen LogP contribution in [0.3, 0.4) is 0 Å². The Bertz CT molecular complexity index is 1140. The number of benzene rings is 2. The van der Waals surface area contributed by atoms with Crippen molar-refractivity contribution in [2.24, 2.45) is 0 Å². The lowest BCUT2D eigenvalue weighted by molar-refractivity contribution is -0.940. The molecule has 33 heavy (non-hydrogen) atoms. The van der Waals surface area contributed by atoms with E-state index >= 15 is 0 Å². The Morgan fingerprint density at radius 1 is 0.939 bits per heavy atom. The lowest BCUT2D eigenvalue weighted by Crippen LogP contribution is -3.00. The van der Waals surface area contributed by atoms with Crippen molar-refractivity contribution in [3.63, 3.8) is 0 Å². The van der Waals surface area contributed by atoms with Gasteiger partial charge in [0.1, 0.15) is 12.6 Å². The normalized spacial score (nSPS) is 19.6. The smallest absolute Gasteiger partial charge is 0.269 e. The maximum atomic E-state index is 10.9. The quantitative estimate of drug-likeness (QED) is 0.206. The summed E-state index contributed by atoms with van der Waals surface area (Å²) in [5.41, 5.74) is 3.57. The molecule has 4 rings (SSSR count). The molecule has 0 bridgehead atoms. The van der Waals surface area contributed by atoms with Crippen LogP contribution in [0.4, 0.5) is 11.4 Å². The molecular formula is C24H26BrN4O4+. The highest BCUT2D eigenvalue weighted by Gasteiger charge is 2.40. The summed E-state index contributed by atoms with van der Waals surface area (Å²) in [6.07, 6.45) is 6.40. The highest BCUT2D eigenvalue weighted by Crippen LogP contribution is 2.39. The van der Waals surface area contributed by atoms with Gasteiger partial charge in [0.05, 0.1) is 29.0 Å². The van der Waals surface area contributed by atoms with Gasteiger partial charge >= 0.3 is 0 Å². The van der Waals surface area contributed by atoms with Crippen LogP contribution in [0.15, 0.2) is 73.1 Å². The minimum absolute atomic E-state index is 0. The van der Waals surface area contributed by atoms with E-state index in [1.54, 1.807) is 24.3 Å². The first kappa shape index (κ1) is 24.5. The van der Waals surface area contributed by atoms with Gasteiger partial charge in [-0.1, -0.05) is 0 Å². The van der Waals surface area contributed by atoms with Crippen LogP contribution in [0.5, 0.6) is 0 Å². The Balaban J connectivity index is 0.00000306. The van der Waals surface area contributed by atoms with Gasteiger partial charge in [-0.15, -0.1) is 0 Å². The summed E-state index contributed by atoms with van der Waals surface area (Å²) in [5, 5.41) is 21.8. The number of nitro benzene ring substituents is 2. The molecule has 3 aromatic rings. The maximum Gasteiger partial charge on any atom is 0.269 e. The van der Waals surface area contributed by atoms with E-state index in [9.17, 15) is 20.2 Å². The summed E-state index contributed by atoms with van der Waals surface area (Å²) < 4.78 is 2.98. The molecule has 172 valence electrons. The molecule has 0 N–H and O–H groups in total. The standard InChI is InChI=1S/C24H26N4O4.BrH/c1-28(18-20-8-12-23(13-9-20)27(31)32)15-3-5-24(28)21-4-2-14-25(17-21)16-19-6-10-22(11-7-19)26(29)30;/h2,4,6-14,17,24H,3,5,15-16,18H2,1H3;1H/q+2;/p-1/t24-,28?;/m0./s1. The van der Waals surface area contributed by atoms with E-state index in [4.69, 9.17) is 0 Å². The first-order valence-electron chi connectivity index (χ1n) is 10.6. The monoisotopic (exact) mass is 513 g/mol. The van der Waals surface area contributed by atoms with Crippen molar-refractivity contribution in [3.8, 4) is 0 Å². The molecule has 2 heterocycles. The largest absolute Gasteiger partial charge is 1.00 e. The van der Waals surface area contributed by atoms with Gasteiger partial charge in [0.25, 0.3) is 11.4 Å². The van der Waals surface area contributed by atoms with Crippen molar-refractivity contribution in [2.75, 3.05) is 13.6 Å². The van der Waals surface area contributed by atoms with E-state index in [1.165, 1.54) is 17.7 Å².